The second kappa shape index (κ2) is 6.15. The predicted molar refractivity (Wildman–Crippen MR) is 92.5 cm³/mol. The molecule has 3 aromatic carbocycles. The van der Waals surface area contributed by atoms with Crippen LogP contribution in [0.4, 0.5) is 5.69 Å². The summed E-state index contributed by atoms with van der Waals surface area (Å²) < 4.78 is 32.4. The molecule has 0 bridgehead atoms. The first-order chi connectivity index (χ1) is 11.8. The Morgan fingerprint density at radius 1 is 0.840 bits per heavy atom. The van der Waals surface area contributed by atoms with E-state index >= 15 is 0 Å². The number of phenols is 3. The quantitative estimate of drug-likeness (QED) is 0.357. The molecule has 0 aromatic heterocycles. The van der Waals surface area contributed by atoms with Crippen LogP contribution >= 0.6 is 0 Å². The lowest BCUT2D eigenvalue weighted by Crippen LogP contribution is -2.04. The molecule has 0 atom stereocenters. The Hall–Kier alpha value is -2.97. The van der Waals surface area contributed by atoms with E-state index in [2.05, 4.69) is 5.32 Å². The maximum Gasteiger partial charge on any atom is 0.295 e. The van der Waals surface area contributed by atoms with Gasteiger partial charge in [0.1, 0.15) is 10.6 Å². The molecule has 3 rings (SSSR count). The summed E-state index contributed by atoms with van der Waals surface area (Å²) in [7, 11) is -4.49. The zero-order valence-electron chi connectivity index (χ0n) is 12.8. The number of hydrogen-bond acceptors (Lipinski definition) is 6. The molecule has 0 saturated heterocycles. The highest BCUT2D eigenvalue weighted by molar-refractivity contribution is 7.86. The van der Waals surface area contributed by atoms with E-state index in [4.69, 9.17) is 0 Å². The zero-order valence-corrected chi connectivity index (χ0v) is 13.7. The van der Waals surface area contributed by atoms with Crippen molar-refractivity contribution in [3.8, 4) is 17.2 Å². The molecule has 8 heteroatoms. The van der Waals surface area contributed by atoms with Crippen molar-refractivity contribution in [2.24, 2.45) is 0 Å². The third-order valence-corrected chi connectivity index (χ3v) is 4.67. The van der Waals surface area contributed by atoms with E-state index in [9.17, 15) is 28.3 Å². The monoisotopic (exact) mass is 361 g/mol. The molecule has 0 unspecified atom stereocenters. The molecule has 25 heavy (non-hydrogen) atoms. The topological polar surface area (TPSA) is 127 Å². The van der Waals surface area contributed by atoms with Gasteiger partial charge in [-0.05, 0) is 17.7 Å². The Morgan fingerprint density at radius 3 is 2.16 bits per heavy atom. The van der Waals surface area contributed by atoms with E-state index in [0.717, 1.165) is 6.07 Å². The first kappa shape index (κ1) is 16.9. The summed E-state index contributed by atoms with van der Waals surface area (Å²) in [6.07, 6.45) is 0. The molecule has 0 amide bonds. The first-order valence-electron chi connectivity index (χ1n) is 7.24. The molecular formula is C17H15NO6S. The van der Waals surface area contributed by atoms with Crippen molar-refractivity contribution in [2.45, 2.75) is 11.4 Å². The fraction of sp³-hybridized carbons (Fsp3) is 0.0588. The normalized spacial score (nSPS) is 11.6. The number of phenolic OH excluding ortho intramolecular Hbond substituents is 3. The number of aromatic hydroxyl groups is 3. The molecule has 3 aromatic rings. The molecule has 0 aliphatic carbocycles. The number of fused-ring (bicyclic) bond motifs is 1. The van der Waals surface area contributed by atoms with Crippen LogP contribution in [-0.2, 0) is 16.7 Å². The Morgan fingerprint density at radius 2 is 1.52 bits per heavy atom. The van der Waals surface area contributed by atoms with Crippen LogP contribution in [0.25, 0.3) is 10.8 Å². The maximum absolute atomic E-state index is 11.5. The first-order valence-corrected chi connectivity index (χ1v) is 8.68. The number of rotatable bonds is 4. The van der Waals surface area contributed by atoms with Gasteiger partial charge in [0.15, 0.2) is 11.5 Å². The van der Waals surface area contributed by atoms with Crippen molar-refractivity contribution in [3.05, 3.63) is 54.1 Å². The summed E-state index contributed by atoms with van der Waals surface area (Å²) >= 11 is 0. The summed E-state index contributed by atoms with van der Waals surface area (Å²) in [5.74, 6) is -0.848. The minimum atomic E-state index is -4.49. The summed E-state index contributed by atoms with van der Waals surface area (Å²) in [5, 5.41) is 32.7. The van der Waals surface area contributed by atoms with Crippen molar-refractivity contribution in [1.82, 2.24) is 0 Å². The molecule has 5 N–H and O–H groups in total. The molecule has 7 nitrogen and oxygen atoms in total. The largest absolute Gasteiger partial charge is 0.506 e. The highest BCUT2D eigenvalue weighted by Crippen LogP contribution is 2.37. The lowest BCUT2D eigenvalue weighted by atomic mass is 10.1. The van der Waals surface area contributed by atoms with Crippen LogP contribution in [0.5, 0.6) is 17.2 Å². The molecule has 0 aliphatic heterocycles. The Bertz CT molecular complexity index is 1060. The average molecular weight is 361 g/mol. The second-order valence-corrected chi connectivity index (χ2v) is 6.86. The molecule has 0 aliphatic rings. The molecule has 0 radical (unpaired) electrons. The number of hydrogen-bond donors (Lipinski definition) is 5. The fourth-order valence-corrected chi connectivity index (χ4v) is 3.31. The van der Waals surface area contributed by atoms with Crippen LogP contribution in [0, 0.1) is 0 Å². The van der Waals surface area contributed by atoms with Crippen LogP contribution in [0.15, 0.2) is 53.4 Å². The maximum atomic E-state index is 11.5. The molecule has 0 heterocycles. The van der Waals surface area contributed by atoms with Crippen LogP contribution in [0.1, 0.15) is 5.56 Å². The SMILES string of the molecule is O=S(=O)(O)c1cc(O)c(NCc2ccc(O)c(O)c2)c2ccccc12. The highest BCUT2D eigenvalue weighted by Gasteiger charge is 2.19. The fourth-order valence-electron chi connectivity index (χ4n) is 2.60. The van der Waals surface area contributed by atoms with Gasteiger partial charge in [-0.3, -0.25) is 4.55 Å². The van der Waals surface area contributed by atoms with Crippen molar-refractivity contribution < 1.29 is 28.3 Å². The summed E-state index contributed by atoms with van der Waals surface area (Å²) in [6.45, 7) is 0.205. The highest BCUT2D eigenvalue weighted by atomic mass is 32.2. The molecular weight excluding hydrogens is 346 g/mol. The third-order valence-electron chi connectivity index (χ3n) is 3.77. The standard InChI is InChI=1S/C17H15NO6S/c19-13-6-5-10(7-14(13)20)9-18-17-12-4-2-1-3-11(12)16(8-15(17)21)25(22,23)24/h1-8,18-21H,9H2,(H,22,23,24). The molecule has 130 valence electrons. The van der Waals surface area contributed by atoms with Gasteiger partial charge in [-0.15, -0.1) is 0 Å². The van der Waals surface area contributed by atoms with E-state index in [-0.39, 0.29) is 39.8 Å². The molecule has 0 saturated carbocycles. The minimum Gasteiger partial charge on any atom is -0.506 e. The van der Waals surface area contributed by atoms with Crippen molar-refractivity contribution in [2.75, 3.05) is 5.32 Å². The van der Waals surface area contributed by atoms with Crippen LogP contribution in [0.2, 0.25) is 0 Å². The van der Waals surface area contributed by atoms with Gasteiger partial charge in [-0.25, -0.2) is 0 Å². The summed E-state index contributed by atoms with van der Waals surface area (Å²) in [4.78, 5) is -0.381. The average Bonchev–Trinajstić information content (AvgIpc) is 2.55. The van der Waals surface area contributed by atoms with Crippen LogP contribution in [0.3, 0.4) is 0 Å². The van der Waals surface area contributed by atoms with Gasteiger partial charge in [-0.2, -0.15) is 8.42 Å². The van der Waals surface area contributed by atoms with E-state index in [0.29, 0.717) is 10.9 Å². The van der Waals surface area contributed by atoms with E-state index < -0.39 is 10.1 Å². The number of nitrogens with one attached hydrogen (secondary N) is 1. The predicted octanol–water partition coefficient (Wildman–Crippen LogP) is 2.82. The lowest BCUT2D eigenvalue weighted by Gasteiger charge is -2.14. The van der Waals surface area contributed by atoms with Crippen molar-refractivity contribution >= 4 is 26.6 Å². The number of anilines is 1. The Balaban J connectivity index is 2.05. The van der Waals surface area contributed by atoms with E-state index in [1.165, 1.54) is 18.2 Å². The van der Waals surface area contributed by atoms with Gasteiger partial charge in [0, 0.05) is 23.4 Å². The Kier molecular flexibility index (Phi) is 4.15. The summed E-state index contributed by atoms with van der Waals surface area (Å²) in [6, 6.07) is 11.7. The third kappa shape index (κ3) is 3.30. The van der Waals surface area contributed by atoms with E-state index in [1.807, 2.05) is 0 Å². The Labute approximate surface area is 143 Å². The minimum absolute atomic E-state index is 0.205. The lowest BCUT2D eigenvalue weighted by molar-refractivity contribution is 0.403. The van der Waals surface area contributed by atoms with E-state index in [1.54, 1.807) is 24.3 Å². The van der Waals surface area contributed by atoms with Crippen molar-refractivity contribution in [1.29, 1.82) is 0 Å². The van der Waals surface area contributed by atoms with Crippen molar-refractivity contribution in [3.63, 3.8) is 0 Å². The van der Waals surface area contributed by atoms with Gasteiger partial charge < -0.3 is 20.6 Å². The van der Waals surface area contributed by atoms with Gasteiger partial charge >= 0.3 is 0 Å². The van der Waals surface area contributed by atoms with Gasteiger partial charge in [0.25, 0.3) is 10.1 Å². The number of benzene rings is 3. The van der Waals surface area contributed by atoms with Gasteiger partial charge in [-0.1, -0.05) is 30.3 Å². The van der Waals surface area contributed by atoms with Gasteiger partial charge in [0.2, 0.25) is 0 Å². The summed E-state index contributed by atoms with van der Waals surface area (Å²) in [5.41, 5.74) is 0.924. The second-order valence-electron chi connectivity index (χ2n) is 5.47. The van der Waals surface area contributed by atoms with Gasteiger partial charge in [0.05, 0.1) is 5.69 Å². The molecule has 0 spiro atoms. The van der Waals surface area contributed by atoms with Crippen LogP contribution in [-0.4, -0.2) is 28.3 Å². The zero-order chi connectivity index (χ0) is 18.2. The van der Waals surface area contributed by atoms with Crippen LogP contribution < -0.4 is 5.32 Å². The smallest absolute Gasteiger partial charge is 0.295 e. The molecule has 0 fully saturated rings.